The van der Waals surface area contributed by atoms with Crippen molar-refractivity contribution in [1.82, 2.24) is 0 Å². The summed E-state index contributed by atoms with van der Waals surface area (Å²) in [5.41, 5.74) is -0.638. The molecule has 0 radical (unpaired) electrons. The standard InChI is InChI=1S/C37H48O6/c1-21(2)11-13-27-20-36(19-26(24(7)8)17-23(5)6)32(41)30(31(40)25-12-14-28(38)29(39)18-25)33(42)37(34(36)43,35(27,9)10)16-15-22(3)4/h11-12,14-15,17-18,26-27,38-40H,7,13,16,19-20H2,1-6,8-10H3/t26-,27-,36-,37+/m0/s1. The summed E-state index contributed by atoms with van der Waals surface area (Å²) in [6.07, 6.45) is 7.05. The third kappa shape index (κ3) is 5.81. The summed E-state index contributed by atoms with van der Waals surface area (Å²) in [6, 6.07) is 3.63. The third-order valence-electron chi connectivity index (χ3n) is 9.66. The number of phenolic OH excluding ortho intramolecular Hbond substituents is 2. The Hall–Kier alpha value is -3.67. The third-order valence-corrected chi connectivity index (χ3v) is 9.66. The molecule has 0 amide bonds. The van der Waals surface area contributed by atoms with Crippen molar-refractivity contribution in [3.63, 3.8) is 0 Å². The second-order valence-corrected chi connectivity index (χ2v) is 13.9. The van der Waals surface area contributed by atoms with E-state index in [1.54, 1.807) is 0 Å². The largest absolute Gasteiger partial charge is 0.506 e. The summed E-state index contributed by atoms with van der Waals surface area (Å²) < 4.78 is 0. The number of Topliss-reactive ketones (excluding diaryl/α,β-unsaturated/α-hetero) is 3. The van der Waals surface area contributed by atoms with Gasteiger partial charge in [0.2, 0.25) is 0 Å². The van der Waals surface area contributed by atoms with E-state index in [2.05, 4.69) is 12.7 Å². The van der Waals surface area contributed by atoms with Crippen LogP contribution in [0.1, 0.15) is 93.6 Å². The van der Waals surface area contributed by atoms with Crippen LogP contribution in [0.15, 0.2) is 70.9 Å². The smallest absolute Gasteiger partial charge is 0.184 e. The number of allylic oxidation sites excluding steroid dienone is 8. The number of hydrogen-bond donors (Lipinski definition) is 3. The minimum Gasteiger partial charge on any atom is -0.506 e. The van der Waals surface area contributed by atoms with Gasteiger partial charge < -0.3 is 15.3 Å². The van der Waals surface area contributed by atoms with E-state index < -0.39 is 50.6 Å². The van der Waals surface area contributed by atoms with Gasteiger partial charge in [0.1, 0.15) is 16.7 Å². The monoisotopic (exact) mass is 588 g/mol. The Bertz CT molecular complexity index is 1470. The molecule has 0 aromatic heterocycles. The van der Waals surface area contributed by atoms with Gasteiger partial charge in [0.15, 0.2) is 28.8 Å². The lowest BCUT2D eigenvalue weighted by Crippen LogP contribution is -2.69. The molecule has 0 spiro atoms. The molecule has 0 saturated heterocycles. The maximum Gasteiger partial charge on any atom is 0.184 e. The van der Waals surface area contributed by atoms with E-state index in [0.29, 0.717) is 6.42 Å². The van der Waals surface area contributed by atoms with Crippen LogP contribution in [0.3, 0.4) is 0 Å². The molecule has 2 fully saturated rings. The summed E-state index contributed by atoms with van der Waals surface area (Å²) in [5, 5.41) is 31.7. The summed E-state index contributed by atoms with van der Waals surface area (Å²) in [5.74, 6) is -3.76. The van der Waals surface area contributed by atoms with E-state index in [1.165, 1.54) is 12.1 Å². The maximum absolute atomic E-state index is 15.1. The molecule has 6 heteroatoms. The van der Waals surface area contributed by atoms with Gasteiger partial charge in [0.25, 0.3) is 0 Å². The zero-order valence-corrected chi connectivity index (χ0v) is 27.2. The molecule has 232 valence electrons. The molecule has 3 rings (SSSR count). The van der Waals surface area contributed by atoms with E-state index in [9.17, 15) is 24.9 Å². The highest BCUT2D eigenvalue weighted by Crippen LogP contribution is 2.66. The number of ketones is 3. The number of fused-ring (bicyclic) bond motifs is 2. The molecule has 3 N–H and O–H groups in total. The topological polar surface area (TPSA) is 112 Å². The summed E-state index contributed by atoms with van der Waals surface area (Å²) in [6.45, 7) is 21.7. The molecule has 1 aromatic rings. The lowest BCUT2D eigenvalue weighted by molar-refractivity contribution is -0.177. The predicted molar refractivity (Wildman–Crippen MR) is 172 cm³/mol. The SMILES string of the molecule is C=C(C)[C@@H](C=C(C)C)C[C@]12C[C@H](CC=C(C)C)C(C)(C)[C@](CC=C(C)C)(C(=O)C(=C(O)c3ccc(O)c(O)c3)C1=O)C2=O. The zero-order chi connectivity index (χ0) is 32.7. The van der Waals surface area contributed by atoms with E-state index in [4.69, 9.17) is 0 Å². The molecule has 0 unspecified atom stereocenters. The molecule has 2 saturated carbocycles. The van der Waals surface area contributed by atoms with E-state index in [0.717, 1.165) is 28.4 Å². The highest BCUT2D eigenvalue weighted by atomic mass is 16.3. The number of rotatable bonds is 9. The summed E-state index contributed by atoms with van der Waals surface area (Å²) >= 11 is 0. The van der Waals surface area contributed by atoms with Gasteiger partial charge >= 0.3 is 0 Å². The zero-order valence-electron chi connectivity index (χ0n) is 27.2. The fourth-order valence-corrected chi connectivity index (χ4v) is 6.98. The molecular formula is C37H48O6. The Balaban J connectivity index is 2.50. The highest BCUT2D eigenvalue weighted by molar-refractivity contribution is 6.41. The van der Waals surface area contributed by atoms with Crippen molar-refractivity contribution in [3.05, 3.63) is 76.4 Å². The average Bonchev–Trinajstić information content (AvgIpc) is 2.89. The number of aliphatic hydroxyl groups excluding tert-OH is 1. The number of benzene rings is 1. The predicted octanol–water partition coefficient (Wildman–Crippen LogP) is 8.37. The molecule has 0 heterocycles. The van der Waals surface area contributed by atoms with Crippen molar-refractivity contribution in [2.75, 3.05) is 0 Å². The molecule has 2 aliphatic rings. The summed E-state index contributed by atoms with van der Waals surface area (Å²) in [7, 11) is 0. The lowest BCUT2D eigenvalue weighted by Gasteiger charge is -2.60. The van der Waals surface area contributed by atoms with Crippen molar-refractivity contribution >= 4 is 23.1 Å². The first-order valence-corrected chi connectivity index (χ1v) is 15.0. The summed E-state index contributed by atoms with van der Waals surface area (Å²) in [4.78, 5) is 44.8. The number of carbonyl (C=O) groups is 3. The van der Waals surface area contributed by atoms with Crippen LogP contribution in [-0.2, 0) is 14.4 Å². The van der Waals surface area contributed by atoms with Crippen LogP contribution >= 0.6 is 0 Å². The Kier molecular flexibility index (Phi) is 9.55. The van der Waals surface area contributed by atoms with Crippen LogP contribution in [0.25, 0.3) is 5.76 Å². The molecule has 0 aliphatic heterocycles. The first-order valence-electron chi connectivity index (χ1n) is 15.0. The molecular weight excluding hydrogens is 540 g/mol. The van der Waals surface area contributed by atoms with Gasteiger partial charge in [0.05, 0.1) is 5.41 Å². The van der Waals surface area contributed by atoms with Gasteiger partial charge in [-0.2, -0.15) is 0 Å². The van der Waals surface area contributed by atoms with Gasteiger partial charge in [0, 0.05) is 5.56 Å². The molecule has 1 aromatic carbocycles. The number of phenols is 2. The van der Waals surface area contributed by atoms with Crippen LogP contribution in [0, 0.1) is 28.1 Å². The quantitative estimate of drug-likeness (QED) is 0.0667. The fraction of sp³-hybridized carbons (Fsp3) is 0.486. The van der Waals surface area contributed by atoms with Crippen LogP contribution in [0.4, 0.5) is 0 Å². The van der Waals surface area contributed by atoms with E-state index >= 15 is 4.79 Å². The van der Waals surface area contributed by atoms with Crippen molar-refractivity contribution in [3.8, 4) is 11.5 Å². The molecule has 2 bridgehead atoms. The van der Waals surface area contributed by atoms with Gasteiger partial charge in [-0.25, -0.2) is 0 Å². The first kappa shape index (κ1) is 33.8. The second kappa shape index (κ2) is 12.1. The average molecular weight is 589 g/mol. The maximum atomic E-state index is 15.1. The number of hydrogen-bond acceptors (Lipinski definition) is 6. The Morgan fingerprint density at radius 3 is 2.05 bits per heavy atom. The van der Waals surface area contributed by atoms with Crippen LogP contribution in [0.5, 0.6) is 11.5 Å². The first-order chi connectivity index (χ1) is 19.8. The second-order valence-electron chi connectivity index (χ2n) is 13.9. The van der Waals surface area contributed by atoms with Crippen molar-refractivity contribution < 1.29 is 29.7 Å². The van der Waals surface area contributed by atoms with E-state index in [-0.39, 0.29) is 42.4 Å². The molecule has 6 nitrogen and oxygen atoms in total. The Morgan fingerprint density at radius 1 is 0.930 bits per heavy atom. The fourth-order valence-electron chi connectivity index (χ4n) is 6.98. The normalized spacial score (nSPS) is 26.3. The van der Waals surface area contributed by atoms with Crippen LogP contribution in [-0.4, -0.2) is 32.7 Å². The van der Waals surface area contributed by atoms with Crippen LogP contribution in [0.2, 0.25) is 0 Å². The van der Waals surface area contributed by atoms with Gasteiger partial charge in [-0.1, -0.05) is 60.9 Å². The van der Waals surface area contributed by atoms with Crippen molar-refractivity contribution in [1.29, 1.82) is 0 Å². The minimum atomic E-state index is -1.62. The van der Waals surface area contributed by atoms with Crippen molar-refractivity contribution in [2.24, 2.45) is 28.1 Å². The number of aliphatic hydroxyl groups is 1. The Labute approximate surface area is 256 Å². The lowest BCUT2D eigenvalue weighted by atomic mass is 9.38. The van der Waals surface area contributed by atoms with E-state index in [1.807, 2.05) is 74.5 Å². The molecule has 43 heavy (non-hydrogen) atoms. The number of aromatic hydroxyl groups is 2. The van der Waals surface area contributed by atoms with Gasteiger partial charge in [-0.05, 0) is 110 Å². The van der Waals surface area contributed by atoms with Gasteiger partial charge in [-0.15, -0.1) is 0 Å². The number of carbonyl (C=O) groups excluding carboxylic acids is 3. The Morgan fingerprint density at radius 2 is 1.53 bits per heavy atom. The van der Waals surface area contributed by atoms with Crippen molar-refractivity contribution in [2.45, 2.75) is 88.0 Å². The molecule has 2 aliphatic carbocycles. The minimum absolute atomic E-state index is 0.00610. The highest BCUT2D eigenvalue weighted by Gasteiger charge is 2.74. The molecule has 4 atom stereocenters. The van der Waals surface area contributed by atoms with Crippen LogP contribution < -0.4 is 0 Å². The van der Waals surface area contributed by atoms with Gasteiger partial charge in [-0.3, -0.25) is 14.4 Å².